The topological polar surface area (TPSA) is 52.6 Å². The van der Waals surface area contributed by atoms with Crippen molar-refractivity contribution in [2.75, 3.05) is 17.3 Å². The average Bonchev–Trinajstić information content (AvgIpc) is 2.39. The molecule has 0 spiro atoms. The molecule has 0 aliphatic heterocycles. The van der Waals surface area contributed by atoms with Crippen LogP contribution in [0.2, 0.25) is 0 Å². The van der Waals surface area contributed by atoms with E-state index in [2.05, 4.69) is 23.2 Å². The minimum Gasteiger partial charge on any atom is -0.465 e. The molecule has 1 amide bonds. The van der Waals surface area contributed by atoms with Gasteiger partial charge in [0.15, 0.2) is 0 Å². The molecular formula is C15H16N2O2. The van der Waals surface area contributed by atoms with E-state index in [4.69, 9.17) is 11.5 Å². The summed E-state index contributed by atoms with van der Waals surface area (Å²) in [4.78, 5) is 12.0. The van der Waals surface area contributed by atoms with Crippen LogP contribution >= 0.6 is 0 Å². The van der Waals surface area contributed by atoms with Gasteiger partial charge in [-0.05, 0) is 30.7 Å². The number of nitrogens with one attached hydrogen (secondary N) is 1. The number of aryl methyl sites for hydroxylation is 1. The molecule has 0 saturated heterocycles. The van der Waals surface area contributed by atoms with E-state index in [1.165, 1.54) is 7.05 Å². The van der Waals surface area contributed by atoms with E-state index in [1.807, 2.05) is 6.92 Å². The number of anilines is 2. The number of carbonyl (C=O) groups is 1. The number of terminal acetylenes is 1. The lowest BCUT2D eigenvalue weighted by Gasteiger charge is -2.14. The van der Waals surface area contributed by atoms with Gasteiger partial charge in [0.25, 0.3) is 0 Å². The Morgan fingerprint density at radius 1 is 1.47 bits per heavy atom. The van der Waals surface area contributed by atoms with Crippen LogP contribution in [0.15, 0.2) is 18.2 Å². The number of hydrogen-bond acceptors (Lipinski definition) is 2. The highest BCUT2D eigenvalue weighted by atomic mass is 16.4. The van der Waals surface area contributed by atoms with Gasteiger partial charge in [0.2, 0.25) is 0 Å². The first-order valence-electron chi connectivity index (χ1n) is 5.81. The minimum absolute atomic E-state index is 0.621. The van der Waals surface area contributed by atoms with Crippen molar-refractivity contribution in [3.63, 3.8) is 0 Å². The molecule has 0 fully saturated rings. The maximum absolute atomic E-state index is 10.8. The van der Waals surface area contributed by atoms with Gasteiger partial charge in [-0.3, -0.25) is 4.90 Å². The van der Waals surface area contributed by atoms with Gasteiger partial charge in [-0.15, -0.1) is 12.3 Å². The van der Waals surface area contributed by atoms with E-state index in [-0.39, 0.29) is 0 Å². The summed E-state index contributed by atoms with van der Waals surface area (Å²) >= 11 is 0. The molecule has 0 radical (unpaired) electrons. The maximum atomic E-state index is 10.8. The number of nitrogens with zero attached hydrogens (tertiary/aromatic N) is 1. The van der Waals surface area contributed by atoms with Gasteiger partial charge in [-0.1, -0.05) is 5.92 Å². The average molecular weight is 256 g/mol. The molecule has 0 aliphatic rings. The monoisotopic (exact) mass is 256 g/mol. The molecule has 1 aromatic rings. The largest absolute Gasteiger partial charge is 0.465 e. The molecule has 0 bridgehead atoms. The molecule has 0 atom stereocenters. The van der Waals surface area contributed by atoms with E-state index in [9.17, 15) is 4.79 Å². The van der Waals surface area contributed by atoms with Crippen molar-refractivity contribution in [1.82, 2.24) is 0 Å². The van der Waals surface area contributed by atoms with Gasteiger partial charge in [0, 0.05) is 37.3 Å². The second-order valence-electron chi connectivity index (χ2n) is 3.97. The van der Waals surface area contributed by atoms with Gasteiger partial charge in [-0.2, -0.15) is 0 Å². The third-order valence-electron chi connectivity index (χ3n) is 2.56. The highest BCUT2D eigenvalue weighted by molar-refractivity contribution is 5.86. The molecule has 0 unspecified atom stereocenters. The molecule has 0 aliphatic carbocycles. The molecule has 4 nitrogen and oxygen atoms in total. The van der Waals surface area contributed by atoms with E-state index < -0.39 is 6.09 Å². The number of amides is 1. The smallest absolute Gasteiger partial charge is 0.411 e. The second kappa shape index (κ2) is 6.98. The summed E-state index contributed by atoms with van der Waals surface area (Å²) in [7, 11) is 1.50. The number of unbranched alkanes of at least 4 members (excludes halogenated alkanes) is 1. The Morgan fingerprint density at radius 3 is 2.79 bits per heavy atom. The first kappa shape index (κ1) is 14.5. The number of benzene rings is 1. The molecule has 2 N–H and O–H groups in total. The van der Waals surface area contributed by atoms with Crippen LogP contribution in [-0.4, -0.2) is 18.2 Å². The molecule has 98 valence electrons. The molecule has 0 aromatic heterocycles. The third kappa shape index (κ3) is 4.29. The van der Waals surface area contributed by atoms with Crippen LogP contribution in [0.25, 0.3) is 0 Å². The zero-order valence-electron chi connectivity index (χ0n) is 11.0. The van der Waals surface area contributed by atoms with Crippen LogP contribution in [0.5, 0.6) is 0 Å². The van der Waals surface area contributed by atoms with Crippen molar-refractivity contribution in [1.29, 1.82) is 0 Å². The van der Waals surface area contributed by atoms with E-state index in [1.54, 1.807) is 18.2 Å². The summed E-state index contributed by atoms with van der Waals surface area (Å²) in [5, 5.41) is 11.9. The lowest BCUT2D eigenvalue weighted by molar-refractivity contribution is 0.203. The quantitative estimate of drug-likeness (QED) is 0.496. The number of hydrogen-bond donors (Lipinski definition) is 2. The lowest BCUT2D eigenvalue weighted by atomic mass is 10.1. The third-order valence-corrected chi connectivity index (χ3v) is 2.56. The van der Waals surface area contributed by atoms with Crippen molar-refractivity contribution in [2.24, 2.45) is 0 Å². The van der Waals surface area contributed by atoms with Crippen LogP contribution in [-0.2, 0) is 0 Å². The Morgan fingerprint density at radius 2 is 2.21 bits per heavy atom. The fourth-order valence-electron chi connectivity index (χ4n) is 1.42. The lowest BCUT2D eigenvalue weighted by Crippen LogP contribution is -2.23. The second-order valence-corrected chi connectivity index (χ2v) is 3.97. The zero-order valence-corrected chi connectivity index (χ0v) is 11.0. The van der Waals surface area contributed by atoms with Crippen molar-refractivity contribution in [2.45, 2.75) is 19.8 Å². The minimum atomic E-state index is -0.991. The molecular weight excluding hydrogens is 240 g/mol. The van der Waals surface area contributed by atoms with Crippen molar-refractivity contribution >= 4 is 17.5 Å². The van der Waals surface area contributed by atoms with Crippen molar-refractivity contribution in [3.05, 3.63) is 23.8 Å². The molecule has 1 rings (SSSR count). The summed E-state index contributed by atoms with van der Waals surface area (Å²) in [6.07, 6.45) is 5.42. The Kier molecular flexibility index (Phi) is 5.32. The predicted molar refractivity (Wildman–Crippen MR) is 77.1 cm³/mol. The standard InChI is InChI=1S/C15H16N2O2/c1-4-5-6-7-10-16-14-9-8-13(11-12(14)2)17(3)15(18)19/h1,8-9,11,16H,5-6H2,2-3H3,(H,18,19). The summed E-state index contributed by atoms with van der Waals surface area (Å²) in [6, 6.07) is 8.15. The highest BCUT2D eigenvalue weighted by Crippen LogP contribution is 2.21. The van der Waals surface area contributed by atoms with E-state index >= 15 is 0 Å². The molecule has 0 saturated carbocycles. The van der Waals surface area contributed by atoms with Crippen LogP contribution in [0, 0.1) is 31.2 Å². The van der Waals surface area contributed by atoms with Crippen molar-refractivity contribution < 1.29 is 9.90 Å². The first-order chi connectivity index (χ1) is 9.06. The number of rotatable bonds is 3. The molecule has 4 heteroatoms. The Labute approximate surface area is 113 Å². The van der Waals surface area contributed by atoms with Crippen LogP contribution in [0.4, 0.5) is 16.2 Å². The van der Waals surface area contributed by atoms with E-state index in [0.717, 1.165) is 16.2 Å². The van der Waals surface area contributed by atoms with E-state index in [0.29, 0.717) is 18.5 Å². The predicted octanol–water partition coefficient (Wildman–Crippen LogP) is 2.90. The highest BCUT2D eigenvalue weighted by Gasteiger charge is 2.09. The van der Waals surface area contributed by atoms with Gasteiger partial charge >= 0.3 is 6.09 Å². The van der Waals surface area contributed by atoms with Gasteiger partial charge in [-0.25, -0.2) is 4.79 Å². The summed E-state index contributed by atoms with van der Waals surface area (Å²) in [5.74, 6) is 5.43. The maximum Gasteiger partial charge on any atom is 0.411 e. The molecule has 19 heavy (non-hydrogen) atoms. The summed E-state index contributed by atoms with van der Waals surface area (Å²) < 4.78 is 0. The molecule has 1 aromatic carbocycles. The van der Waals surface area contributed by atoms with Gasteiger partial charge < -0.3 is 10.4 Å². The summed E-state index contributed by atoms with van der Waals surface area (Å²) in [5.41, 5.74) is 2.41. The van der Waals surface area contributed by atoms with Crippen LogP contribution < -0.4 is 10.2 Å². The fraction of sp³-hybridized carbons (Fsp3) is 0.267. The van der Waals surface area contributed by atoms with Crippen molar-refractivity contribution in [3.8, 4) is 24.3 Å². The first-order valence-corrected chi connectivity index (χ1v) is 5.81. The Balaban J connectivity index is 2.75. The normalized spacial score (nSPS) is 8.89. The molecule has 0 heterocycles. The van der Waals surface area contributed by atoms with Gasteiger partial charge in [0.1, 0.15) is 0 Å². The number of carboxylic acid groups (broad SMARTS) is 1. The SMILES string of the molecule is C#CCCC#CNc1ccc(N(C)C(=O)O)cc1C. The summed E-state index contributed by atoms with van der Waals surface area (Å²) in [6.45, 7) is 1.89. The van der Waals surface area contributed by atoms with Gasteiger partial charge in [0.05, 0.1) is 0 Å². The Hall–Kier alpha value is -2.59. The fourth-order valence-corrected chi connectivity index (χ4v) is 1.42. The Bertz CT molecular complexity index is 562. The zero-order chi connectivity index (χ0) is 14.3. The van der Waals surface area contributed by atoms with Crippen LogP contribution in [0.3, 0.4) is 0 Å². The van der Waals surface area contributed by atoms with Crippen LogP contribution in [0.1, 0.15) is 18.4 Å².